The predicted molar refractivity (Wildman–Crippen MR) is 244 cm³/mol. The number of nitrogens with zero attached hydrogens (tertiary/aromatic N) is 8. The molecule has 18 heteroatoms. The molecule has 10 rings (SSSR count). The first kappa shape index (κ1) is 43.1. The van der Waals surface area contributed by atoms with Crippen LogP contribution in [0.3, 0.4) is 0 Å². The second-order valence-corrected chi connectivity index (χ2v) is 18.0. The van der Waals surface area contributed by atoms with Gasteiger partial charge in [-0.3, -0.25) is 44.0 Å². The van der Waals surface area contributed by atoms with E-state index in [1.807, 2.05) is 75.1 Å². The summed E-state index contributed by atoms with van der Waals surface area (Å²) in [6.45, 7) is 10.2. The number of amides is 7. The quantitative estimate of drug-likeness (QED) is 0.196. The minimum Gasteiger partial charge on any atom is -0.457 e. The first-order chi connectivity index (χ1) is 32.1. The van der Waals surface area contributed by atoms with Crippen LogP contribution in [-0.2, 0) is 9.59 Å². The normalized spacial score (nSPS) is 21.9. The number of likely N-dealkylation sites (tertiary alicyclic amines) is 1. The Morgan fingerprint density at radius 1 is 0.712 bits per heavy atom. The van der Waals surface area contributed by atoms with E-state index in [1.54, 1.807) is 12.1 Å². The maximum atomic E-state index is 13.8. The Kier molecular flexibility index (Phi) is 11.9. The van der Waals surface area contributed by atoms with E-state index in [1.165, 1.54) is 0 Å². The Morgan fingerprint density at radius 2 is 1.36 bits per heavy atom. The minimum absolute atomic E-state index is 0.0779. The number of rotatable bonds is 10. The number of ether oxygens (including phenoxy) is 1. The Morgan fingerprint density at radius 3 is 2.05 bits per heavy atom. The molecule has 0 saturated carbocycles. The van der Waals surface area contributed by atoms with E-state index < -0.39 is 35.6 Å². The van der Waals surface area contributed by atoms with Crippen LogP contribution in [0, 0.1) is 5.92 Å². The highest BCUT2D eigenvalue weighted by Crippen LogP contribution is 2.40. The molecule has 18 nitrogen and oxygen atoms in total. The number of para-hydroxylation sites is 1. The lowest BCUT2D eigenvalue weighted by atomic mass is 9.87. The third-order valence-electron chi connectivity index (χ3n) is 14.2. The number of fused-ring (bicyclic) bond motifs is 2. The summed E-state index contributed by atoms with van der Waals surface area (Å²) < 4.78 is 7.95. The first-order valence-electron chi connectivity index (χ1n) is 23.2. The largest absolute Gasteiger partial charge is 0.457 e. The van der Waals surface area contributed by atoms with Crippen molar-refractivity contribution < 1.29 is 33.5 Å². The lowest BCUT2D eigenvalue weighted by Gasteiger charge is -2.42. The molecule has 66 heavy (non-hydrogen) atoms. The molecule has 0 spiro atoms. The van der Waals surface area contributed by atoms with Crippen molar-refractivity contribution in [2.75, 3.05) is 95.3 Å². The minimum atomic E-state index is -0.984. The van der Waals surface area contributed by atoms with E-state index in [9.17, 15) is 28.8 Å². The summed E-state index contributed by atoms with van der Waals surface area (Å²) in [6, 6.07) is 21.6. The van der Waals surface area contributed by atoms with Crippen molar-refractivity contribution in [2.24, 2.45) is 11.7 Å². The second-order valence-electron chi connectivity index (χ2n) is 18.0. The molecule has 4 saturated heterocycles. The Balaban J connectivity index is 0.673. The average Bonchev–Trinajstić information content (AvgIpc) is 3.86. The van der Waals surface area contributed by atoms with Crippen molar-refractivity contribution in [3.8, 4) is 22.8 Å². The molecular weight excluding hydrogens is 843 g/mol. The number of nitrogens with one attached hydrogen (secondary N) is 2. The fraction of sp³-hybridized carbons (Fsp3) is 0.438. The third kappa shape index (κ3) is 8.46. The number of hydrogen-bond donors (Lipinski definition) is 3. The van der Waals surface area contributed by atoms with Crippen LogP contribution < -0.4 is 26.0 Å². The molecule has 0 radical (unpaired) electrons. The number of benzene rings is 3. The third-order valence-corrected chi connectivity index (χ3v) is 14.2. The average molecular weight is 898 g/mol. The van der Waals surface area contributed by atoms with Gasteiger partial charge in [0.05, 0.1) is 17.2 Å². The van der Waals surface area contributed by atoms with Crippen LogP contribution in [0.15, 0.2) is 72.8 Å². The number of urea groups is 1. The number of aromatic nitrogens is 2. The SMILES string of the molecule is NC(=O)c1c(-c2ccc(Oc3ccccc3)cc2)nn2c1NCC[C@H]2C1CCN(C(=O)N2CCN(CCN3CCN(c4ccc5c(c4)C(=O)N(C4CCC(=O)NC4=O)C5=O)CC3)CC2)CC1. The zero-order chi connectivity index (χ0) is 45.5. The van der Waals surface area contributed by atoms with Crippen molar-refractivity contribution in [1.82, 2.24) is 39.6 Å². The molecule has 3 aromatic carbocycles. The van der Waals surface area contributed by atoms with Gasteiger partial charge in [0.25, 0.3) is 17.7 Å². The highest BCUT2D eigenvalue weighted by atomic mass is 16.5. The van der Waals surface area contributed by atoms with E-state index in [4.69, 9.17) is 15.6 Å². The van der Waals surface area contributed by atoms with Crippen molar-refractivity contribution in [1.29, 1.82) is 0 Å². The zero-order valence-electron chi connectivity index (χ0n) is 36.9. The molecule has 0 bridgehead atoms. The van der Waals surface area contributed by atoms with E-state index in [-0.39, 0.29) is 30.5 Å². The number of primary amides is 1. The summed E-state index contributed by atoms with van der Waals surface area (Å²) in [5, 5.41) is 10.7. The van der Waals surface area contributed by atoms with Crippen molar-refractivity contribution in [3.05, 3.63) is 89.5 Å². The van der Waals surface area contributed by atoms with Crippen LogP contribution >= 0.6 is 0 Å². The van der Waals surface area contributed by atoms with Gasteiger partial charge >= 0.3 is 6.03 Å². The van der Waals surface area contributed by atoms with Gasteiger partial charge in [-0.25, -0.2) is 9.48 Å². The van der Waals surface area contributed by atoms with Gasteiger partial charge < -0.3 is 30.5 Å². The molecule has 344 valence electrons. The standard InChI is InChI=1S/C48H55N11O7/c49-43(61)41-42(32-6-9-35(10-7-32)66-34-4-2-1-3-5-34)52-59-38(14-17-50-44(41)59)31-15-18-56(19-16-31)48(65)57-28-24-54(25-29-57)21-20-53-22-26-55(27-23-53)33-8-11-36-37(30-33)47(64)58(46(36)63)39-12-13-40(60)51-45(39)62/h1-11,30-31,38-39,50H,12-29H2,(H2,49,61)(H,51,60,62)/t38-,39?/m0/s1. The lowest BCUT2D eigenvalue weighted by Crippen LogP contribution is -2.55. The Bertz CT molecular complexity index is 2520. The maximum Gasteiger partial charge on any atom is 0.320 e. The summed E-state index contributed by atoms with van der Waals surface area (Å²) in [5.74, 6) is -0.162. The molecular formula is C48H55N11O7. The van der Waals surface area contributed by atoms with Gasteiger partial charge in [-0.2, -0.15) is 5.10 Å². The fourth-order valence-corrected chi connectivity index (χ4v) is 10.5. The summed E-state index contributed by atoms with van der Waals surface area (Å²) in [5.41, 5.74) is 9.14. The highest BCUT2D eigenvalue weighted by Gasteiger charge is 2.45. The summed E-state index contributed by atoms with van der Waals surface area (Å²) in [7, 11) is 0. The topological polar surface area (TPSA) is 199 Å². The molecule has 7 amide bonds. The second kappa shape index (κ2) is 18.2. The Labute approximate surface area is 382 Å². The van der Waals surface area contributed by atoms with Gasteiger partial charge in [0.2, 0.25) is 11.8 Å². The number of piperidine rings is 2. The van der Waals surface area contributed by atoms with Gasteiger partial charge in [0, 0.05) is 103 Å². The molecule has 1 aromatic heterocycles. The summed E-state index contributed by atoms with van der Waals surface area (Å²) >= 11 is 0. The van der Waals surface area contributed by atoms with Crippen LogP contribution in [0.1, 0.15) is 69.2 Å². The smallest absolute Gasteiger partial charge is 0.320 e. The number of nitrogens with two attached hydrogens (primary N) is 1. The zero-order valence-corrected chi connectivity index (χ0v) is 36.9. The van der Waals surface area contributed by atoms with E-state index in [0.717, 1.165) is 93.5 Å². The van der Waals surface area contributed by atoms with E-state index in [0.29, 0.717) is 67.0 Å². The fourth-order valence-electron chi connectivity index (χ4n) is 10.5. The number of imide groups is 2. The van der Waals surface area contributed by atoms with Crippen LogP contribution in [0.4, 0.5) is 16.3 Å². The van der Waals surface area contributed by atoms with Gasteiger partial charge in [0.15, 0.2) is 0 Å². The molecule has 4 N–H and O–H groups in total. The van der Waals surface area contributed by atoms with Gasteiger partial charge in [-0.05, 0) is 86.2 Å². The monoisotopic (exact) mass is 897 g/mol. The molecule has 6 aliphatic heterocycles. The van der Waals surface area contributed by atoms with Crippen LogP contribution in [0.5, 0.6) is 11.5 Å². The Hall–Kier alpha value is -6.79. The van der Waals surface area contributed by atoms with Crippen molar-refractivity contribution in [3.63, 3.8) is 0 Å². The van der Waals surface area contributed by atoms with Gasteiger partial charge in [0.1, 0.15) is 34.6 Å². The first-order valence-corrected chi connectivity index (χ1v) is 23.2. The van der Waals surface area contributed by atoms with Crippen molar-refractivity contribution >= 4 is 47.1 Å². The maximum absolute atomic E-state index is 13.8. The lowest BCUT2D eigenvalue weighted by molar-refractivity contribution is -0.136. The number of carbonyl (C=O) groups excluding carboxylic acids is 6. The summed E-state index contributed by atoms with van der Waals surface area (Å²) in [6.07, 6.45) is 2.77. The van der Waals surface area contributed by atoms with Gasteiger partial charge in [-0.15, -0.1) is 0 Å². The highest BCUT2D eigenvalue weighted by molar-refractivity contribution is 6.23. The molecule has 4 aromatic rings. The van der Waals surface area contributed by atoms with Crippen molar-refractivity contribution in [2.45, 2.75) is 44.2 Å². The molecule has 7 heterocycles. The number of carbonyl (C=O) groups is 6. The van der Waals surface area contributed by atoms with Crippen LogP contribution in [-0.4, -0.2) is 161 Å². The van der Waals surface area contributed by atoms with E-state index >= 15 is 0 Å². The molecule has 6 aliphatic rings. The van der Waals surface area contributed by atoms with Gasteiger partial charge in [-0.1, -0.05) is 18.2 Å². The number of piperazine rings is 2. The number of hydrogen-bond acceptors (Lipinski definition) is 12. The molecule has 4 fully saturated rings. The van der Waals surface area contributed by atoms with Crippen LogP contribution in [0.2, 0.25) is 0 Å². The van der Waals surface area contributed by atoms with E-state index in [2.05, 4.69) is 25.3 Å². The van der Waals surface area contributed by atoms with Crippen LogP contribution in [0.25, 0.3) is 11.3 Å². The molecule has 2 atom stereocenters. The predicted octanol–water partition coefficient (Wildman–Crippen LogP) is 3.47. The number of anilines is 2. The summed E-state index contributed by atoms with van der Waals surface area (Å²) in [4.78, 5) is 89.4. The molecule has 0 aliphatic carbocycles. The molecule has 1 unspecified atom stereocenters.